The normalized spacial score (nSPS) is 20.3. The molecule has 2 aliphatic rings. The van der Waals surface area contributed by atoms with Gasteiger partial charge in [0, 0.05) is 62.4 Å². The second-order valence-corrected chi connectivity index (χ2v) is 15.7. The molecule has 2 atom stereocenters. The minimum atomic E-state index is -3.02. The van der Waals surface area contributed by atoms with Crippen LogP contribution in [-0.4, -0.2) is 89.6 Å². The van der Waals surface area contributed by atoms with Crippen molar-refractivity contribution in [3.63, 3.8) is 0 Å². The van der Waals surface area contributed by atoms with Gasteiger partial charge in [-0.05, 0) is 68.2 Å². The molecular formula is C35H50N6O6S. The van der Waals surface area contributed by atoms with Gasteiger partial charge in [-0.3, -0.25) is 9.59 Å². The molecule has 13 heteroatoms. The number of anilines is 1. The summed E-state index contributed by atoms with van der Waals surface area (Å²) in [5.41, 5.74) is 6.96. The maximum Gasteiger partial charge on any atom is 0.323 e. The highest BCUT2D eigenvalue weighted by Gasteiger charge is 2.30. The van der Waals surface area contributed by atoms with Crippen molar-refractivity contribution < 1.29 is 27.5 Å². The summed E-state index contributed by atoms with van der Waals surface area (Å²) >= 11 is 0. The molecule has 3 N–H and O–H groups in total. The Hall–Kier alpha value is -3.71. The average molecular weight is 683 g/mol. The van der Waals surface area contributed by atoms with Crippen molar-refractivity contribution in [3.8, 4) is 11.6 Å². The Morgan fingerprint density at radius 1 is 1.08 bits per heavy atom. The van der Waals surface area contributed by atoms with Gasteiger partial charge < -0.3 is 30.0 Å². The number of nitrogens with two attached hydrogens (primary N) is 1. The van der Waals surface area contributed by atoms with Crippen LogP contribution in [0.3, 0.4) is 0 Å². The SMILES string of the molecule is CC[C@H](C)[C@H](N)C(=O)OC1CCN(C(=O)CC2CCC(Nc3nccc(-n4ccc5c(OCCCS(C)(=O)=O)cccc54)n3)CC2)CC1. The highest BCUT2D eigenvalue weighted by Crippen LogP contribution is 2.31. The van der Waals surface area contributed by atoms with Gasteiger partial charge in [-0.2, -0.15) is 4.98 Å². The van der Waals surface area contributed by atoms with Crippen molar-refractivity contribution in [2.24, 2.45) is 17.6 Å². The number of nitrogens with one attached hydrogen (secondary N) is 1. The number of hydrogen-bond donors (Lipinski definition) is 2. The maximum atomic E-state index is 13.1. The molecule has 3 aromatic rings. The van der Waals surface area contributed by atoms with Gasteiger partial charge in [0.25, 0.3) is 0 Å². The molecule has 262 valence electrons. The van der Waals surface area contributed by atoms with Crippen molar-refractivity contribution >= 4 is 38.6 Å². The Balaban J connectivity index is 1.07. The van der Waals surface area contributed by atoms with Gasteiger partial charge in [0.05, 0.1) is 17.9 Å². The molecule has 1 saturated heterocycles. The fourth-order valence-corrected chi connectivity index (χ4v) is 7.19. The zero-order chi connectivity index (χ0) is 34.3. The molecule has 1 aromatic carbocycles. The van der Waals surface area contributed by atoms with Crippen LogP contribution in [0.15, 0.2) is 42.7 Å². The first kappa shape index (κ1) is 35.6. The second-order valence-electron chi connectivity index (χ2n) is 13.4. The van der Waals surface area contributed by atoms with Crippen LogP contribution >= 0.6 is 0 Å². The van der Waals surface area contributed by atoms with E-state index in [2.05, 4.69) is 10.3 Å². The first-order valence-electron chi connectivity index (χ1n) is 17.2. The predicted molar refractivity (Wildman–Crippen MR) is 186 cm³/mol. The summed E-state index contributed by atoms with van der Waals surface area (Å²) in [5, 5.41) is 4.43. The zero-order valence-electron chi connectivity index (χ0n) is 28.3. The number of benzene rings is 1. The standard InChI is InChI=1S/C35H50N6O6S/c1-4-24(2)33(36)34(43)47-27-14-18-40(19-15-27)32(42)23-25-9-11-26(12-10-25)38-35-37-17-13-31(39-35)41-20-16-28-29(41)7-5-8-30(28)46-21-6-22-48(3,44)45/h5,7-8,13,16-17,20,24-27,33H,4,6,9-12,14-15,18-19,21-23,36H2,1-3H3,(H,37,38,39)/t24-,25?,26?,33-/m0/s1. The molecule has 1 aliphatic carbocycles. The van der Waals surface area contributed by atoms with Gasteiger partial charge in [-0.25, -0.2) is 13.4 Å². The highest BCUT2D eigenvalue weighted by atomic mass is 32.2. The van der Waals surface area contributed by atoms with E-state index in [9.17, 15) is 18.0 Å². The molecule has 1 saturated carbocycles. The number of piperidine rings is 1. The lowest BCUT2D eigenvalue weighted by atomic mass is 9.83. The number of rotatable bonds is 14. The fourth-order valence-electron chi connectivity index (χ4n) is 6.54. The first-order valence-corrected chi connectivity index (χ1v) is 19.3. The summed E-state index contributed by atoms with van der Waals surface area (Å²) in [6, 6.07) is 9.26. The van der Waals surface area contributed by atoms with Crippen LogP contribution in [0.1, 0.15) is 71.6 Å². The number of ether oxygens (including phenoxy) is 2. The number of amides is 1. The Bertz CT molecular complexity index is 1650. The van der Waals surface area contributed by atoms with Gasteiger partial charge in [0.2, 0.25) is 11.9 Å². The zero-order valence-corrected chi connectivity index (χ0v) is 29.2. The molecule has 12 nitrogen and oxygen atoms in total. The lowest BCUT2D eigenvalue weighted by Gasteiger charge is -2.34. The third-order valence-corrected chi connectivity index (χ3v) is 10.8. The number of likely N-dealkylation sites (tertiary alicyclic amines) is 1. The summed E-state index contributed by atoms with van der Waals surface area (Å²) < 4.78 is 36.4. The van der Waals surface area contributed by atoms with Gasteiger partial charge in [-0.1, -0.05) is 26.3 Å². The molecule has 5 rings (SSSR count). The van der Waals surface area contributed by atoms with E-state index in [1.54, 1.807) is 6.20 Å². The fraction of sp³-hybridized carbons (Fsp3) is 0.600. The number of carbonyl (C=O) groups excluding carboxylic acids is 2. The average Bonchev–Trinajstić information content (AvgIpc) is 3.52. The Morgan fingerprint density at radius 2 is 1.83 bits per heavy atom. The van der Waals surface area contributed by atoms with Crippen LogP contribution in [0, 0.1) is 11.8 Å². The monoisotopic (exact) mass is 682 g/mol. The molecule has 0 radical (unpaired) electrons. The molecule has 48 heavy (non-hydrogen) atoms. The van der Waals surface area contributed by atoms with E-state index in [-0.39, 0.29) is 35.7 Å². The molecule has 2 fully saturated rings. The number of sulfone groups is 1. The lowest BCUT2D eigenvalue weighted by Crippen LogP contribution is -2.45. The lowest BCUT2D eigenvalue weighted by molar-refractivity contribution is -0.155. The van der Waals surface area contributed by atoms with Gasteiger partial charge >= 0.3 is 5.97 Å². The van der Waals surface area contributed by atoms with Crippen molar-refractivity contribution in [1.82, 2.24) is 19.4 Å². The summed E-state index contributed by atoms with van der Waals surface area (Å²) in [4.78, 5) is 36.7. The molecule has 0 bridgehead atoms. The van der Waals surface area contributed by atoms with E-state index in [0.29, 0.717) is 63.0 Å². The number of esters is 1. The topological polar surface area (TPSA) is 159 Å². The van der Waals surface area contributed by atoms with E-state index in [1.807, 2.05) is 59.8 Å². The molecular weight excluding hydrogens is 632 g/mol. The van der Waals surface area contributed by atoms with Crippen molar-refractivity contribution in [1.29, 1.82) is 0 Å². The summed E-state index contributed by atoms with van der Waals surface area (Å²) in [6.07, 6.45) is 11.7. The van der Waals surface area contributed by atoms with Crippen LogP contribution in [0.25, 0.3) is 16.7 Å². The number of fused-ring (bicyclic) bond motifs is 1. The van der Waals surface area contributed by atoms with Crippen molar-refractivity contribution in [3.05, 3.63) is 42.7 Å². The van der Waals surface area contributed by atoms with Gasteiger partial charge in [0.15, 0.2) is 0 Å². The van der Waals surface area contributed by atoms with Crippen LogP contribution in [0.4, 0.5) is 5.95 Å². The highest BCUT2D eigenvalue weighted by molar-refractivity contribution is 7.90. The smallest absolute Gasteiger partial charge is 0.323 e. The van der Waals surface area contributed by atoms with Crippen molar-refractivity contribution in [2.75, 3.05) is 37.0 Å². The Labute approximate surface area is 283 Å². The van der Waals surface area contributed by atoms with Crippen LogP contribution in [0.2, 0.25) is 0 Å². The van der Waals surface area contributed by atoms with E-state index < -0.39 is 15.9 Å². The van der Waals surface area contributed by atoms with Crippen LogP contribution in [-0.2, 0) is 24.2 Å². The Kier molecular flexibility index (Phi) is 12.0. The van der Waals surface area contributed by atoms with Crippen LogP contribution < -0.4 is 15.8 Å². The van der Waals surface area contributed by atoms with E-state index >= 15 is 0 Å². The summed E-state index contributed by atoms with van der Waals surface area (Å²) in [6.45, 7) is 5.50. The van der Waals surface area contributed by atoms with Crippen LogP contribution in [0.5, 0.6) is 5.75 Å². The van der Waals surface area contributed by atoms with E-state index in [1.165, 1.54) is 6.26 Å². The second kappa shape index (κ2) is 16.1. The Morgan fingerprint density at radius 3 is 2.54 bits per heavy atom. The van der Waals surface area contributed by atoms with E-state index in [0.717, 1.165) is 48.8 Å². The molecule has 1 amide bonds. The molecule has 0 spiro atoms. The van der Waals surface area contributed by atoms with Gasteiger partial charge in [0.1, 0.15) is 33.6 Å². The number of aromatic nitrogens is 3. The number of hydrogen-bond acceptors (Lipinski definition) is 10. The molecule has 1 aliphatic heterocycles. The third kappa shape index (κ3) is 9.46. The molecule has 0 unspecified atom stereocenters. The number of nitrogens with zero attached hydrogens (tertiary/aromatic N) is 4. The summed E-state index contributed by atoms with van der Waals surface area (Å²) in [7, 11) is -3.02. The number of carbonyl (C=O) groups is 2. The minimum Gasteiger partial charge on any atom is -0.493 e. The molecule has 2 aromatic heterocycles. The molecule has 3 heterocycles. The van der Waals surface area contributed by atoms with E-state index in [4.69, 9.17) is 20.2 Å². The maximum absolute atomic E-state index is 13.1. The predicted octanol–water partition coefficient (Wildman–Crippen LogP) is 4.50. The summed E-state index contributed by atoms with van der Waals surface area (Å²) in [5.74, 6) is 2.37. The first-order chi connectivity index (χ1) is 23.0. The largest absolute Gasteiger partial charge is 0.493 e. The van der Waals surface area contributed by atoms with Gasteiger partial charge in [-0.15, -0.1) is 0 Å². The minimum absolute atomic E-state index is 0.0808. The quantitative estimate of drug-likeness (QED) is 0.183. The third-order valence-electron chi connectivity index (χ3n) is 9.75. The van der Waals surface area contributed by atoms with Crippen molar-refractivity contribution in [2.45, 2.75) is 89.8 Å².